The molecule has 32 heteroatoms. The van der Waals surface area contributed by atoms with Crippen LogP contribution in [0.4, 0.5) is 28.9 Å². The number of fused-ring (bicyclic) bond motifs is 3. The Hall–Kier alpha value is -10.1. The van der Waals surface area contributed by atoms with Crippen molar-refractivity contribution in [3.8, 4) is 0 Å². The lowest BCUT2D eigenvalue weighted by Crippen LogP contribution is -2.54. The number of esters is 2. The number of halogens is 4. The second kappa shape index (κ2) is 29.7. The van der Waals surface area contributed by atoms with Crippen molar-refractivity contribution in [3.63, 3.8) is 0 Å². The van der Waals surface area contributed by atoms with E-state index in [9.17, 15) is 89.5 Å². The van der Waals surface area contributed by atoms with Gasteiger partial charge in [-0.1, -0.05) is 18.2 Å². The second-order valence-corrected chi connectivity index (χ2v) is 22.1. The highest BCUT2D eigenvalue weighted by atomic mass is 19.4. The zero-order valence-electron chi connectivity index (χ0n) is 49.2. The van der Waals surface area contributed by atoms with E-state index in [0.717, 1.165) is 20.8 Å². The van der Waals surface area contributed by atoms with Crippen molar-refractivity contribution in [2.75, 3.05) is 30.3 Å². The van der Waals surface area contributed by atoms with E-state index < -0.39 is 119 Å². The summed E-state index contributed by atoms with van der Waals surface area (Å²) in [6, 6.07) is 10.0. The van der Waals surface area contributed by atoms with Crippen LogP contribution in [0, 0.1) is 5.82 Å². The summed E-state index contributed by atoms with van der Waals surface area (Å²) in [6.45, 7) is 11.5. The molecule has 8 N–H and O–H groups in total. The number of aldehydes is 1. The highest BCUT2D eigenvalue weighted by molar-refractivity contribution is 6.27. The Morgan fingerprint density at radius 2 is 0.867 bits per heavy atom. The van der Waals surface area contributed by atoms with Crippen molar-refractivity contribution in [1.29, 1.82) is 0 Å². The summed E-state index contributed by atoms with van der Waals surface area (Å²) >= 11 is 0. The number of aliphatic carboxylic acids is 1. The monoisotopic (exact) mass is 1270 g/mol. The first-order chi connectivity index (χ1) is 42.0. The number of carboxylic acid groups (broad SMARTS) is 1. The zero-order chi connectivity index (χ0) is 67.3. The van der Waals surface area contributed by atoms with Crippen LogP contribution < -0.4 is 32.3 Å². The molecule has 0 aliphatic carbocycles. The molecule has 3 aromatic carbocycles. The van der Waals surface area contributed by atoms with Crippen LogP contribution in [0.1, 0.15) is 161 Å². The first-order valence-corrected chi connectivity index (χ1v) is 27.6. The van der Waals surface area contributed by atoms with Gasteiger partial charge in [0.1, 0.15) is 35.1 Å². The molecule has 3 unspecified atom stereocenters. The molecule has 90 heavy (non-hydrogen) atoms. The van der Waals surface area contributed by atoms with Gasteiger partial charge < -0.3 is 30.9 Å². The SMILES string of the molecule is CC(C)(C)OC(=O)CCN.CC(C)(C)OC(=O)CCNc1cccc2c1C(=O)N(C1CCC(=O)NC1=O)C2=O.O=C(O)CCNc1cccc2c1C(=O)N(C1CCC(=O)NC1=O)C2=O.O=C1CCC(N2C(=O)c3cccc(F)c3C2=O)C(=O)N1.O=CC(F)(F)F. The standard InChI is InChI=1S/C20H23N3O6.C16H15N3O6.C13H9FN2O4.C7H15NO2.C2HF3O/c1-20(2,3)29-15(25)9-10-21-12-6-4-5-11-16(12)19(28)23(18(11)27)13-7-8-14(24)22-17(13)26;20-11-5-4-10(14(23)18-11)19-15(24)8-2-1-3-9(13(8)16(19)25)17-7-6-12(21)22;14-7-3-1-2-6-10(7)13(20)16(12(6)19)8-4-5-9(17)15-11(8)18;1-7(2,3)10-6(9)4-5-8;3-2(4,5)1-6/h4-6,13,21H,7-10H2,1-3H3,(H,22,24,26);1-3,10,17H,4-7H2,(H,21,22)(H,18,20,23);1-3,8H,4-5H2,(H,15,17,18);4-5,8H2,1-3H3;1H. The molecular formula is C58H63F4N9O19. The highest BCUT2D eigenvalue weighted by Gasteiger charge is 2.48. The fourth-order valence-corrected chi connectivity index (χ4v) is 9.30. The molecule has 6 aliphatic heterocycles. The van der Waals surface area contributed by atoms with E-state index in [2.05, 4.69) is 26.6 Å². The van der Waals surface area contributed by atoms with E-state index in [-0.39, 0.29) is 115 Å². The maximum atomic E-state index is 13.7. The van der Waals surface area contributed by atoms with Crippen LogP contribution in [0.15, 0.2) is 54.6 Å². The molecule has 0 radical (unpaired) electrons. The third-order valence-corrected chi connectivity index (χ3v) is 13.0. The molecule has 3 aromatic rings. The van der Waals surface area contributed by atoms with Gasteiger partial charge in [0.25, 0.3) is 35.4 Å². The molecular weight excluding hydrogens is 1200 g/mol. The lowest BCUT2D eigenvalue weighted by molar-refractivity contribution is -0.156. The number of hydrogen-bond donors (Lipinski definition) is 7. The molecule has 0 aromatic heterocycles. The number of ether oxygens (including phenoxy) is 2. The van der Waals surface area contributed by atoms with Crippen molar-refractivity contribution in [2.24, 2.45) is 5.73 Å². The van der Waals surface area contributed by atoms with Crippen LogP contribution in [-0.4, -0.2) is 170 Å². The Labute approximate surface area is 509 Å². The van der Waals surface area contributed by atoms with E-state index >= 15 is 0 Å². The first kappa shape index (κ1) is 70.6. The van der Waals surface area contributed by atoms with E-state index in [4.69, 9.17) is 25.1 Å². The average Bonchev–Trinajstić information content (AvgIpc) is 1.64. The number of benzene rings is 3. The van der Waals surface area contributed by atoms with Crippen LogP contribution >= 0.6 is 0 Å². The molecule has 0 saturated carbocycles. The third-order valence-electron chi connectivity index (χ3n) is 13.0. The minimum Gasteiger partial charge on any atom is -0.481 e. The van der Waals surface area contributed by atoms with Crippen molar-refractivity contribution in [3.05, 3.63) is 93.8 Å². The van der Waals surface area contributed by atoms with Gasteiger partial charge in [0, 0.05) is 50.3 Å². The number of nitrogens with zero attached hydrogens (tertiary/aromatic N) is 3. The molecule has 6 aliphatic rings. The van der Waals surface area contributed by atoms with Gasteiger partial charge >= 0.3 is 24.1 Å². The fourth-order valence-electron chi connectivity index (χ4n) is 9.30. The number of carbonyl (C=O) groups excluding carboxylic acids is 15. The zero-order valence-corrected chi connectivity index (χ0v) is 49.2. The summed E-state index contributed by atoms with van der Waals surface area (Å²) in [4.78, 5) is 189. The minimum atomic E-state index is -4.64. The highest BCUT2D eigenvalue weighted by Crippen LogP contribution is 2.35. The molecule has 9 rings (SSSR count). The number of rotatable bonds is 13. The van der Waals surface area contributed by atoms with Crippen molar-refractivity contribution in [1.82, 2.24) is 30.7 Å². The van der Waals surface area contributed by atoms with Gasteiger partial charge in [-0.15, -0.1) is 0 Å². The summed E-state index contributed by atoms with van der Waals surface area (Å²) < 4.78 is 55.1. The summed E-state index contributed by atoms with van der Waals surface area (Å²) in [5.74, 6) is -9.70. The molecule has 6 heterocycles. The van der Waals surface area contributed by atoms with E-state index in [0.29, 0.717) is 24.3 Å². The number of anilines is 2. The topological polar surface area (TPSA) is 408 Å². The Bertz CT molecular complexity index is 3450. The Morgan fingerprint density at radius 3 is 1.18 bits per heavy atom. The summed E-state index contributed by atoms with van der Waals surface area (Å²) in [7, 11) is 0. The number of nitrogens with one attached hydrogen (secondary N) is 5. The number of piperidine rings is 3. The normalized spacial score (nSPS) is 18.5. The van der Waals surface area contributed by atoms with Gasteiger partial charge in [-0.3, -0.25) is 107 Å². The van der Waals surface area contributed by atoms with Crippen LogP contribution in [0.3, 0.4) is 0 Å². The van der Waals surface area contributed by atoms with Gasteiger partial charge in [0.2, 0.25) is 41.7 Å². The van der Waals surface area contributed by atoms with Crippen molar-refractivity contribution in [2.45, 2.75) is 135 Å². The van der Waals surface area contributed by atoms with Crippen LogP contribution in [0.25, 0.3) is 0 Å². The summed E-state index contributed by atoms with van der Waals surface area (Å²) in [5.41, 5.74) is 5.15. The summed E-state index contributed by atoms with van der Waals surface area (Å²) in [5, 5.41) is 20.9. The average molecular weight is 1270 g/mol. The number of imide groups is 6. The van der Waals surface area contributed by atoms with Gasteiger partial charge in [0.05, 0.1) is 52.6 Å². The summed E-state index contributed by atoms with van der Waals surface area (Å²) in [6.07, 6.45) is -5.09. The number of hydrogen-bond acceptors (Lipinski definition) is 21. The predicted molar refractivity (Wildman–Crippen MR) is 301 cm³/mol. The van der Waals surface area contributed by atoms with Crippen LogP contribution in [0.5, 0.6) is 0 Å². The molecule has 0 spiro atoms. The molecule has 482 valence electrons. The predicted octanol–water partition coefficient (Wildman–Crippen LogP) is 2.86. The van der Waals surface area contributed by atoms with Crippen LogP contribution in [0.2, 0.25) is 0 Å². The van der Waals surface area contributed by atoms with Gasteiger partial charge in [0.15, 0.2) is 0 Å². The minimum absolute atomic E-state index is 0.0340. The van der Waals surface area contributed by atoms with Gasteiger partial charge in [-0.05, 0) is 97.2 Å². The lowest BCUT2D eigenvalue weighted by Gasteiger charge is -2.27. The number of carbonyl (C=O) groups is 16. The lowest BCUT2D eigenvalue weighted by atomic mass is 10.0. The molecule has 3 fully saturated rings. The molecule has 3 atom stereocenters. The maximum Gasteiger partial charge on any atom is 0.446 e. The Balaban J connectivity index is 0.000000221. The van der Waals surface area contributed by atoms with Gasteiger partial charge in [-0.2, -0.15) is 13.2 Å². The quantitative estimate of drug-likeness (QED) is 0.0560. The van der Waals surface area contributed by atoms with E-state index in [1.54, 1.807) is 45.0 Å². The molecule has 28 nitrogen and oxygen atoms in total. The number of amides is 12. The molecule has 3 saturated heterocycles. The number of nitrogens with two attached hydrogens (primary N) is 1. The third kappa shape index (κ3) is 18.2. The molecule has 12 amide bonds. The maximum absolute atomic E-state index is 13.7. The molecule has 0 bridgehead atoms. The van der Waals surface area contributed by atoms with E-state index in [1.807, 2.05) is 20.8 Å². The Morgan fingerprint density at radius 1 is 0.544 bits per heavy atom. The van der Waals surface area contributed by atoms with Crippen LogP contribution in [-0.2, 0) is 57.4 Å². The van der Waals surface area contributed by atoms with Gasteiger partial charge in [-0.25, -0.2) is 4.39 Å². The number of carboxylic acids is 1. The Kier molecular flexibility index (Phi) is 23.3. The van der Waals surface area contributed by atoms with Crippen molar-refractivity contribution < 1.29 is 109 Å². The largest absolute Gasteiger partial charge is 0.481 e. The second-order valence-electron chi connectivity index (χ2n) is 22.1. The first-order valence-electron chi connectivity index (χ1n) is 27.6. The van der Waals surface area contributed by atoms with E-state index in [1.165, 1.54) is 24.3 Å². The number of alkyl halides is 3. The fraction of sp³-hybridized carbons (Fsp3) is 0.414. The van der Waals surface area contributed by atoms with Crippen molar-refractivity contribution >= 4 is 106 Å². The smallest absolute Gasteiger partial charge is 0.446 e.